The van der Waals surface area contributed by atoms with Crippen molar-refractivity contribution in [2.24, 2.45) is 10.8 Å². The number of rotatable bonds is 8. The van der Waals surface area contributed by atoms with Gasteiger partial charge in [-0.3, -0.25) is 0 Å². The van der Waals surface area contributed by atoms with Crippen LogP contribution in [0, 0.1) is 0 Å². The molecule has 0 aromatic heterocycles. The summed E-state index contributed by atoms with van der Waals surface area (Å²) in [4.78, 5) is 2.49. The molecule has 0 radical (unpaired) electrons. The fraction of sp³-hybridized carbons (Fsp3) is 1.00. The van der Waals surface area contributed by atoms with Gasteiger partial charge in [0.05, 0.1) is 25.9 Å². The summed E-state index contributed by atoms with van der Waals surface area (Å²) in [5, 5.41) is 94.0. The number of hydrogen-bond acceptors (Lipinski definition) is 16. The molecule has 0 aromatic carbocycles. The Hall–Kier alpha value is -1.29. The third-order valence-corrected chi connectivity index (χ3v) is 6.34. The topological polar surface area (TPSA) is 303 Å². The van der Waals surface area contributed by atoms with Gasteiger partial charge in [0.1, 0.15) is 67.1 Å². The lowest BCUT2D eigenvalue weighted by Gasteiger charge is -2.48. The summed E-state index contributed by atoms with van der Waals surface area (Å²) >= 11 is 0. The molecule has 18 nitrogen and oxygen atoms in total. The van der Waals surface area contributed by atoms with Crippen LogP contribution in [-0.4, -0.2) is 158 Å². The highest BCUT2D eigenvalue weighted by molar-refractivity contribution is 4.97. The molecule has 208 valence electrons. The summed E-state index contributed by atoms with van der Waals surface area (Å²) in [6.45, 7) is -2.27. The van der Waals surface area contributed by atoms with Gasteiger partial charge in [-0.15, -0.1) is 0 Å². The molecule has 15 atom stereocenters. The lowest BCUT2D eigenvalue weighted by molar-refractivity contribution is -0.365. The summed E-state index contributed by atoms with van der Waals surface area (Å²) in [7, 11) is 0. The van der Waals surface area contributed by atoms with Crippen molar-refractivity contribution < 1.29 is 69.6 Å². The van der Waals surface area contributed by atoms with Crippen molar-refractivity contribution in [2.45, 2.75) is 92.0 Å². The van der Waals surface area contributed by atoms with Gasteiger partial charge in [0.25, 0.3) is 0 Å². The largest absolute Gasteiger partial charge is 0.394 e. The second-order valence-corrected chi connectivity index (χ2v) is 8.63. The van der Waals surface area contributed by atoms with E-state index in [1.54, 1.807) is 0 Å². The summed E-state index contributed by atoms with van der Waals surface area (Å²) in [6.07, 6.45) is -22.4. The molecule has 3 saturated heterocycles. The molecule has 3 rings (SSSR count). The number of aliphatic hydroxyl groups is 9. The van der Waals surface area contributed by atoms with Gasteiger partial charge in [-0.25, -0.2) is 0 Å². The summed E-state index contributed by atoms with van der Waals surface area (Å²) in [6, 6.07) is -1.38. The molecule has 0 unspecified atom stereocenters. The molecular formula is C18H32N4O14. The van der Waals surface area contributed by atoms with E-state index in [0.717, 1.165) is 0 Å². The van der Waals surface area contributed by atoms with Crippen LogP contribution >= 0.6 is 0 Å². The molecule has 3 aliphatic heterocycles. The zero-order chi connectivity index (χ0) is 26.7. The lowest BCUT2D eigenvalue weighted by atomic mass is 9.95. The van der Waals surface area contributed by atoms with Crippen LogP contribution in [0.5, 0.6) is 0 Å². The number of nitrogens with zero attached hydrogens (tertiary/aromatic N) is 3. The molecule has 0 spiro atoms. The van der Waals surface area contributed by atoms with Crippen molar-refractivity contribution in [3.8, 4) is 0 Å². The smallest absolute Gasteiger partial charge is 0.187 e. The Kier molecular flexibility index (Phi) is 10.2. The normalized spacial score (nSPS) is 49.9. The molecule has 0 amide bonds. The maximum absolute atomic E-state index is 10.9. The lowest BCUT2D eigenvalue weighted by Crippen LogP contribution is -2.67. The van der Waals surface area contributed by atoms with Crippen molar-refractivity contribution in [2.75, 3.05) is 19.8 Å². The van der Waals surface area contributed by atoms with E-state index in [1.807, 2.05) is 0 Å². The zero-order valence-corrected chi connectivity index (χ0v) is 18.8. The fourth-order valence-corrected chi connectivity index (χ4v) is 4.24. The first kappa shape index (κ1) is 29.3. The molecule has 3 heterocycles. The second kappa shape index (κ2) is 12.5. The number of nitrogens with two attached hydrogens (primary N) is 1. The number of ether oxygens (including phenoxy) is 5. The van der Waals surface area contributed by atoms with Gasteiger partial charge < -0.3 is 75.4 Å². The van der Waals surface area contributed by atoms with Crippen LogP contribution in [0.3, 0.4) is 0 Å². The molecule has 0 aromatic rings. The standard InChI is InChI=1S/C18H32N4O14/c19-7-10(28)8(26)4(1-23)33-17(7)36-15-9(27)5(2-24)34-18(13(15)31)35-14-6(3-25)32-16(21-22-20)12(30)11(14)29/h4-18,23-31H,1-3,19H2/t4-,5-,6-,7-,8-,9+,10-,11-,12-,13-,14-,15+,16-,17+,18+/m1/s1. The van der Waals surface area contributed by atoms with E-state index >= 15 is 0 Å². The molecule has 0 saturated carbocycles. The predicted molar refractivity (Wildman–Crippen MR) is 110 cm³/mol. The van der Waals surface area contributed by atoms with Gasteiger partial charge in [0.15, 0.2) is 18.8 Å². The van der Waals surface area contributed by atoms with Crippen LogP contribution in [0.2, 0.25) is 0 Å². The zero-order valence-electron chi connectivity index (χ0n) is 18.8. The van der Waals surface area contributed by atoms with Crippen LogP contribution in [0.1, 0.15) is 0 Å². The minimum Gasteiger partial charge on any atom is -0.394 e. The van der Waals surface area contributed by atoms with Gasteiger partial charge in [0, 0.05) is 4.91 Å². The number of aliphatic hydroxyl groups excluding tert-OH is 9. The average molecular weight is 528 g/mol. The van der Waals surface area contributed by atoms with Crippen molar-refractivity contribution in [3.63, 3.8) is 0 Å². The van der Waals surface area contributed by atoms with Crippen LogP contribution in [0.25, 0.3) is 10.4 Å². The first-order valence-corrected chi connectivity index (χ1v) is 11.1. The fourth-order valence-electron chi connectivity index (χ4n) is 4.24. The Morgan fingerprint density at radius 1 is 0.667 bits per heavy atom. The van der Waals surface area contributed by atoms with E-state index in [-0.39, 0.29) is 0 Å². The Bertz CT molecular complexity index is 759. The highest BCUT2D eigenvalue weighted by Gasteiger charge is 2.53. The first-order chi connectivity index (χ1) is 17.1. The summed E-state index contributed by atoms with van der Waals surface area (Å²) in [5.41, 5.74) is 14.4. The van der Waals surface area contributed by atoms with E-state index in [9.17, 15) is 46.0 Å². The van der Waals surface area contributed by atoms with E-state index < -0.39 is 112 Å². The SMILES string of the molecule is [N-]=[N+]=N[C@@H]1O[C@H](CO)[C@@H](O[C@@H]2O[C@H](CO)[C@H](O)[C@H](O[C@@H]3O[C@H](CO)[C@@H](O)[C@H](O)[C@H]3N)[C@H]2O)[C@H](O)[C@H]1O. The van der Waals surface area contributed by atoms with Crippen LogP contribution in [-0.2, 0) is 23.7 Å². The van der Waals surface area contributed by atoms with Crippen molar-refractivity contribution in [3.05, 3.63) is 10.4 Å². The van der Waals surface area contributed by atoms with Crippen LogP contribution in [0.15, 0.2) is 5.11 Å². The highest BCUT2D eigenvalue weighted by atomic mass is 16.7. The third-order valence-electron chi connectivity index (χ3n) is 6.34. The van der Waals surface area contributed by atoms with Crippen molar-refractivity contribution in [1.82, 2.24) is 0 Å². The van der Waals surface area contributed by atoms with Gasteiger partial charge in [-0.05, 0) is 5.53 Å². The minimum atomic E-state index is -1.87. The Labute approximate surface area is 203 Å². The van der Waals surface area contributed by atoms with E-state index in [2.05, 4.69) is 10.0 Å². The summed E-state index contributed by atoms with van der Waals surface area (Å²) in [5.74, 6) is 0. The second-order valence-electron chi connectivity index (χ2n) is 8.63. The molecule has 0 bridgehead atoms. The summed E-state index contributed by atoms with van der Waals surface area (Å²) < 4.78 is 27.1. The van der Waals surface area contributed by atoms with Crippen LogP contribution < -0.4 is 5.73 Å². The third kappa shape index (κ3) is 5.74. The minimum absolute atomic E-state index is 0.712. The first-order valence-electron chi connectivity index (χ1n) is 11.1. The highest BCUT2D eigenvalue weighted by Crippen LogP contribution is 2.32. The maximum Gasteiger partial charge on any atom is 0.187 e. The van der Waals surface area contributed by atoms with E-state index in [4.69, 9.17) is 34.9 Å². The van der Waals surface area contributed by atoms with Gasteiger partial charge >= 0.3 is 0 Å². The van der Waals surface area contributed by atoms with E-state index in [0.29, 0.717) is 0 Å². The number of azide groups is 1. The average Bonchev–Trinajstić information content (AvgIpc) is 2.87. The molecule has 36 heavy (non-hydrogen) atoms. The van der Waals surface area contributed by atoms with Gasteiger partial charge in [0.2, 0.25) is 0 Å². The Morgan fingerprint density at radius 3 is 1.81 bits per heavy atom. The molecule has 18 heteroatoms. The molecule has 0 aliphatic carbocycles. The van der Waals surface area contributed by atoms with E-state index in [1.165, 1.54) is 0 Å². The van der Waals surface area contributed by atoms with Crippen molar-refractivity contribution >= 4 is 0 Å². The maximum atomic E-state index is 10.9. The predicted octanol–water partition coefficient (Wildman–Crippen LogP) is -6.29. The quantitative estimate of drug-likeness (QED) is 0.0795. The number of hydrogen-bond donors (Lipinski definition) is 10. The molecule has 3 fully saturated rings. The molecule has 3 aliphatic rings. The van der Waals surface area contributed by atoms with Crippen molar-refractivity contribution in [1.29, 1.82) is 0 Å². The monoisotopic (exact) mass is 528 g/mol. The van der Waals surface area contributed by atoms with Crippen LogP contribution in [0.4, 0.5) is 0 Å². The van der Waals surface area contributed by atoms with Gasteiger partial charge in [-0.1, -0.05) is 5.11 Å². The Morgan fingerprint density at radius 2 is 1.22 bits per heavy atom. The molecular weight excluding hydrogens is 496 g/mol. The van der Waals surface area contributed by atoms with Gasteiger partial charge in [-0.2, -0.15) is 0 Å². The Balaban J connectivity index is 1.79. The molecule has 11 N–H and O–H groups in total.